The summed E-state index contributed by atoms with van der Waals surface area (Å²) in [7, 11) is 1.27. The van der Waals surface area contributed by atoms with Crippen molar-refractivity contribution in [2.24, 2.45) is 4.99 Å². The predicted octanol–water partition coefficient (Wildman–Crippen LogP) is 2.40. The molecule has 0 fully saturated rings. The van der Waals surface area contributed by atoms with Gasteiger partial charge in [-0.05, 0) is 39.8 Å². The summed E-state index contributed by atoms with van der Waals surface area (Å²) in [6, 6.07) is 5.52. The molecular weight excluding hydrogens is 352 g/mol. The fraction of sp³-hybridized carbons (Fsp3) is 0.389. The summed E-state index contributed by atoms with van der Waals surface area (Å²) in [5.74, 6) is -0.503. The number of nitrogens with one attached hydrogen (secondary N) is 1. The summed E-state index contributed by atoms with van der Waals surface area (Å²) in [5.41, 5.74) is 0.667. The van der Waals surface area contributed by atoms with E-state index in [9.17, 15) is 19.7 Å². The molecule has 0 bridgehead atoms. The predicted molar refractivity (Wildman–Crippen MR) is 101 cm³/mol. The molecule has 1 heterocycles. The lowest BCUT2D eigenvalue weighted by molar-refractivity contribution is -0.384. The number of H-pyrrole nitrogens is 1. The van der Waals surface area contributed by atoms with Gasteiger partial charge in [-0.25, -0.2) is 4.68 Å². The van der Waals surface area contributed by atoms with Crippen LogP contribution in [0.25, 0.3) is 5.69 Å². The normalized spacial score (nSPS) is 12.1. The van der Waals surface area contributed by atoms with Gasteiger partial charge in [0, 0.05) is 17.8 Å². The minimum atomic E-state index is -0.518. The van der Waals surface area contributed by atoms with Crippen LogP contribution in [0.15, 0.2) is 34.1 Å². The molecule has 2 rings (SSSR count). The molecule has 9 nitrogen and oxygen atoms in total. The maximum absolute atomic E-state index is 13.0. The van der Waals surface area contributed by atoms with Gasteiger partial charge in [-0.2, -0.15) is 0 Å². The minimum absolute atomic E-state index is 0.0844. The number of methoxy groups -OCH3 is 1. The molecule has 144 valence electrons. The van der Waals surface area contributed by atoms with E-state index < -0.39 is 22.0 Å². The molecule has 0 saturated heterocycles. The number of non-ortho nitro benzene ring substituents is 1. The summed E-state index contributed by atoms with van der Waals surface area (Å²) in [6.45, 7) is 7.41. The highest BCUT2D eigenvalue weighted by atomic mass is 16.6. The maximum atomic E-state index is 13.0. The second kappa shape index (κ2) is 7.56. The number of nitro benzene ring substituents is 1. The number of hydrogen-bond donors (Lipinski definition) is 1. The number of ether oxygens (including phenoxy) is 1. The number of nitrogens with zero attached hydrogens (tertiary/aromatic N) is 3. The van der Waals surface area contributed by atoms with Crippen LogP contribution < -0.4 is 5.56 Å². The van der Waals surface area contributed by atoms with Gasteiger partial charge < -0.3 is 4.74 Å². The average Bonchev–Trinajstić information content (AvgIpc) is 2.89. The van der Waals surface area contributed by atoms with Gasteiger partial charge in [-0.1, -0.05) is 0 Å². The van der Waals surface area contributed by atoms with Crippen LogP contribution >= 0.6 is 0 Å². The second-order valence-electron chi connectivity index (χ2n) is 7.00. The standard InChI is InChI=1S/C18H22N4O5/c1-11(19-18(2,3)4)16-14(10-15(23)27-5)20-21(17(16)24)12-6-8-13(9-7-12)22(25)26/h6-9,20H,10H2,1-5H3. The van der Waals surface area contributed by atoms with Gasteiger partial charge in [0.05, 0.1) is 40.9 Å². The van der Waals surface area contributed by atoms with Crippen molar-refractivity contribution in [3.63, 3.8) is 0 Å². The Kier molecular flexibility index (Phi) is 5.63. The van der Waals surface area contributed by atoms with Crippen molar-refractivity contribution in [1.29, 1.82) is 0 Å². The molecule has 27 heavy (non-hydrogen) atoms. The third-order valence-electron chi connectivity index (χ3n) is 3.70. The molecule has 0 aliphatic rings. The Bertz CT molecular complexity index is 946. The van der Waals surface area contributed by atoms with E-state index in [1.807, 2.05) is 20.8 Å². The molecule has 1 aromatic heterocycles. The molecule has 2 aromatic rings. The molecule has 0 radical (unpaired) electrons. The Balaban J connectivity index is 2.62. The van der Waals surface area contributed by atoms with Gasteiger partial charge in [0.2, 0.25) is 0 Å². The number of aliphatic imine (C=N–C) groups is 1. The fourth-order valence-corrected chi connectivity index (χ4v) is 2.66. The molecule has 0 saturated carbocycles. The zero-order valence-corrected chi connectivity index (χ0v) is 15.9. The number of aromatic nitrogens is 2. The quantitative estimate of drug-likeness (QED) is 0.373. The van der Waals surface area contributed by atoms with Crippen LogP contribution in [0.2, 0.25) is 0 Å². The molecule has 0 aliphatic heterocycles. The van der Waals surface area contributed by atoms with Crippen LogP contribution in [0.3, 0.4) is 0 Å². The Hall–Kier alpha value is -3.23. The van der Waals surface area contributed by atoms with Crippen molar-refractivity contribution >= 4 is 17.4 Å². The van der Waals surface area contributed by atoms with Crippen molar-refractivity contribution in [3.8, 4) is 5.69 Å². The fourth-order valence-electron chi connectivity index (χ4n) is 2.66. The number of carbonyl (C=O) groups excluding carboxylic acids is 1. The number of hydrogen-bond acceptors (Lipinski definition) is 6. The molecule has 0 aliphatic carbocycles. The summed E-state index contributed by atoms with van der Waals surface area (Å²) < 4.78 is 5.94. The minimum Gasteiger partial charge on any atom is -0.469 e. The largest absolute Gasteiger partial charge is 0.469 e. The molecule has 0 unspecified atom stereocenters. The van der Waals surface area contributed by atoms with Crippen molar-refractivity contribution in [2.75, 3.05) is 7.11 Å². The lowest BCUT2D eigenvalue weighted by Crippen LogP contribution is -2.22. The molecule has 0 amide bonds. The number of rotatable bonds is 5. The van der Waals surface area contributed by atoms with Crippen LogP contribution in [0.5, 0.6) is 0 Å². The van der Waals surface area contributed by atoms with Crippen molar-refractivity contribution in [2.45, 2.75) is 39.7 Å². The topological polar surface area (TPSA) is 120 Å². The summed E-state index contributed by atoms with van der Waals surface area (Å²) in [5, 5.41) is 13.7. The molecule has 1 N–H and O–H groups in total. The Morgan fingerprint density at radius 1 is 1.30 bits per heavy atom. The summed E-state index contributed by atoms with van der Waals surface area (Å²) in [4.78, 5) is 39.5. The third kappa shape index (κ3) is 4.69. The third-order valence-corrected chi connectivity index (χ3v) is 3.70. The first-order valence-electron chi connectivity index (χ1n) is 8.26. The maximum Gasteiger partial charge on any atom is 0.311 e. The van der Waals surface area contributed by atoms with Gasteiger partial charge >= 0.3 is 5.97 Å². The lowest BCUT2D eigenvalue weighted by Gasteiger charge is -2.13. The van der Waals surface area contributed by atoms with Crippen molar-refractivity contribution in [1.82, 2.24) is 9.78 Å². The van der Waals surface area contributed by atoms with E-state index in [1.165, 1.54) is 36.1 Å². The zero-order chi connectivity index (χ0) is 20.4. The molecule has 0 spiro atoms. The Morgan fingerprint density at radius 3 is 2.37 bits per heavy atom. The molecule has 9 heteroatoms. The highest BCUT2D eigenvalue weighted by molar-refractivity contribution is 6.00. The Labute approximate surface area is 155 Å². The first-order chi connectivity index (χ1) is 12.5. The smallest absolute Gasteiger partial charge is 0.311 e. The highest BCUT2D eigenvalue weighted by Gasteiger charge is 2.22. The van der Waals surface area contributed by atoms with Crippen LogP contribution in [-0.4, -0.2) is 39.0 Å². The lowest BCUT2D eigenvalue weighted by atomic mass is 10.1. The first kappa shape index (κ1) is 20.1. The van der Waals surface area contributed by atoms with E-state index in [1.54, 1.807) is 6.92 Å². The van der Waals surface area contributed by atoms with E-state index in [2.05, 4.69) is 10.1 Å². The van der Waals surface area contributed by atoms with Crippen LogP contribution in [0, 0.1) is 10.1 Å². The van der Waals surface area contributed by atoms with Crippen LogP contribution in [-0.2, 0) is 16.0 Å². The second-order valence-corrected chi connectivity index (χ2v) is 7.00. The molecular formula is C18H22N4O5. The number of nitro groups is 1. The van der Waals surface area contributed by atoms with Gasteiger partial charge in [-0.3, -0.25) is 29.8 Å². The highest BCUT2D eigenvalue weighted by Crippen LogP contribution is 2.16. The summed E-state index contributed by atoms with van der Waals surface area (Å²) >= 11 is 0. The number of benzene rings is 1. The monoisotopic (exact) mass is 374 g/mol. The van der Waals surface area contributed by atoms with E-state index >= 15 is 0 Å². The van der Waals surface area contributed by atoms with Crippen molar-refractivity contribution < 1.29 is 14.5 Å². The zero-order valence-electron chi connectivity index (χ0n) is 15.9. The van der Waals surface area contributed by atoms with Gasteiger partial charge in [0.1, 0.15) is 0 Å². The number of aromatic amines is 1. The Morgan fingerprint density at radius 2 is 1.89 bits per heavy atom. The summed E-state index contributed by atoms with van der Waals surface area (Å²) in [6.07, 6.45) is -0.127. The van der Waals surface area contributed by atoms with Crippen molar-refractivity contribution in [3.05, 3.63) is 56.0 Å². The van der Waals surface area contributed by atoms with E-state index in [-0.39, 0.29) is 17.7 Å². The van der Waals surface area contributed by atoms with Gasteiger partial charge in [0.25, 0.3) is 11.2 Å². The number of esters is 1. The van der Waals surface area contributed by atoms with Gasteiger partial charge in [-0.15, -0.1) is 0 Å². The average molecular weight is 374 g/mol. The van der Waals surface area contributed by atoms with Crippen LogP contribution in [0.1, 0.15) is 39.0 Å². The van der Waals surface area contributed by atoms with E-state index in [0.717, 1.165) is 0 Å². The molecule has 1 aromatic carbocycles. The van der Waals surface area contributed by atoms with Crippen LogP contribution in [0.4, 0.5) is 5.69 Å². The van der Waals surface area contributed by atoms with E-state index in [0.29, 0.717) is 17.1 Å². The SMILES string of the molecule is COC(=O)Cc1[nH]n(-c2ccc([N+](=O)[O-])cc2)c(=O)c1C(C)=NC(C)(C)C. The number of carbonyl (C=O) groups is 1. The van der Waals surface area contributed by atoms with E-state index in [4.69, 9.17) is 4.74 Å². The van der Waals surface area contributed by atoms with Gasteiger partial charge in [0.15, 0.2) is 0 Å². The molecule has 0 atom stereocenters. The first-order valence-corrected chi connectivity index (χ1v) is 8.26.